The zero-order valence-corrected chi connectivity index (χ0v) is 30.8. The maximum absolute atomic E-state index is 14.4. The molecule has 270 valence electrons. The van der Waals surface area contributed by atoms with Crippen LogP contribution >= 0.6 is 0 Å². The highest BCUT2D eigenvalue weighted by Crippen LogP contribution is 2.65. The first-order chi connectivity index (χ1) is 22.2. The Kier molecular flexibility index (Phi) is 10.1. The van der Waals surface area contributed by atoms with Crippen molar-refractivity contribution in [1.29, 1.82) is 0 Å². The number of rotatable bonds is 13. The molecule has 0 spiro atoms. The molecule has 0 aromatic heterocycles. The van der Waals surface area contributed by atoms with Gasteiger partial charge in [0.05, 0.1) is 6.04 Å². The summed E-state index contributed by atoms with van der Waals surface area (Å²) in [5.74, 6) is -1.91. The summed E-state index contributed by atoms with van der Waals surface area (Å²) in [4.78, 5) is 68.0. The average molecular weight is 692 g/mol. The number of fused-ring (bicyclic) bond motifs is 1. The van der Waals surface area contributed by atoms with Gasteiger partial charge in [-0.15, -0.1) is 0 Å². The van der Waals surface area contributed by atoms with Crippen LogP contribution in [0.5, 0.6) is 0 Å². The van der Waals surface area contributed by atoms with Crippen molar-refractivity contribution in [3.8, 4) is 0 Å². The second-order valence-electron chi connectivity index (χ2n) is 17.6. The van der Waals surface area contributed by atoms with Crippen molar-refractivity contribution in [2.45, 2.75) is 112 Å². The fourth-order valence-corrected chi connectivity index (χ4v) is 8.90. The first-order valence-corrected chi connectivity index (χ1v) is 18.7. The number of carbonyl (C=O) groups is 5. The molecule has 5 amide bonds. The first-order valence-electron chi connectivity index (χ1n) is 17.6. The lowest BCUT2D eigenvalue weighted by Gasteiger charge is -2.39. The van der Waals surface area contributed by atoms with Crippen molar-refractivity contribution in [2.24, 2.45) is 45.7 Å². The van der Waals surface area contributed by atoms with Gasteiger partial charge in [0.1, 0.15) is 12.1 Å². The monoisotopic (exact) mass is 691 g/mol. The molecule has 13 nitrogen and oxygen atoms in total. The maximum atomic E-state index is 14.4. The van der Waals surface area contributed by atoms with Gasteiger partial charge in [-0.3, -0.25) is 19.2 Å². The number of hydrogen-bond acceptors (Lipinski definition) is 6. The number of urea groups is 1. The first kappa shape index (κ1) is 36.7. The molecule has 5 N–H and O–H groups in total. The number of likely N-dealkylation sites (tertiary alicyclic amines) is 1. The standard InChI is InChI=1S/C34H57N7O6S/c1-32(2,3)23(18-40-14-13-39(48(40)47)16-20-11-12-20)37-31(46)38-27(33(4,5)6)30(45)41-17-21-24(34(21,7)8)25(41)29(44)36-22(15-19-9-10-19)26(42)28(35)43/h19-25,27H,9-18H2,1-8H3,(H2,35,43)(H,36,44)(H2,37,38,46)/t21-,22?,23+,24-,25-,27+,48?/m0/s1. The van der Waals surface area contributed by atoms with Gasteiger partial charge in [-0.1, -0.05) is 68.2 Å². The minimum absolute atomic E-state index is 0.0893. The number of piperidine rings is 1. The van der Waals surface area contributed by atoms with E-state index in [1.807, 2.05) is 50.2 Å². The number of ketones is 1. The van der Waals surface area contributed by atoms with E-state index in [9.17, 15) is 28.2 Å². The Morgan fingerprint density at radius 2 is 1.48 bits per heavy atom. The Morgan fingerprint density at radius 1 is 0.875 bits per heavy atom. The SMILES string of the molecule is CC(C)(C)[C@H](NC(=O)N[C@H](CN1CCN(CC2CC2)S1=O)C(C)(C)C)C(=O)N1C[C@H]2[C@@H]([C@H]1C(=O)NC(CC1CC1)C(=O)C(N)=O)C2(C)C. The molecule has 0 bridgehead atoms. The molecule has 3 aliphatic carbocycles. The van der Waals surface area contributed by atoms with Crippen LogP contribution in [-0.2, 0) is 30.3 Å². The van der Waals surface area contributed by atoms with Crippen LogP contribution in [0.2, 0.25) is 0 Å². The van der Waals surface area contributed by atoms with E-state index in [-0.39, 0.29) is 40.5 Å². The topological polar surface area (TPSA) is 174 Å². The van der Waals surface area contributed by atoms with Crippen molar-refractivity contribution in [1.82, 2.24) is 29.5 Å². The van der Waals surface area contributed by atoms with E-state index in [0.717, 1.165) is 25.9 Å². The largest absolute Gasteiger partial charge is 0.363 e. The van der Waals surface area contributed by atoms with E-state index in [1.54, 1.807) is 4.90 Å². The molecule has 5 fully saturated rings. The summed E-state index contributed by atoms with van der Waals surface area (Å²) < 4.78 is 17.1. The second-order valence-corrected chi connectivity index (χ2v) is 19.1. The summed E-state index contributed by atoms with van der Waals surface area (Å²) in [6.07, 6.45) is 4.57. The normalized spacial score (nSPS) is 29.0. The highest BCUT2D eigenvalue weighted by molar-refractivity contribution is 7.80. The zero-order chi connectivity index (χ0) is 35.5. The average Bonchev–Trinajstić information content (AvgIpc) is 3.93. The smallest absolute Gasteiger partial charge is 0.315 e. The van der Waals surface area contributed by atoms with Crippen LogP contribution in [0.25, 0.3) is 0 Å². The van der Waals surface area contributed by atoms with Crippen molar-refractivity contribution in [3.63, 3.8) is 0 Å². The maximum Gasteiger partial charge on any atom is 0.315 e. The second kappa shape index (κ2) is 13.3. The van der Waals surface area contributed by atoms with Crippen LogP contribution in [0, 0.1) is 39.9 Å². The van der Waals surface area contributed by atoms with Gasteiger partial charge in [0, 0.05) is 38.8 Å². The Bertz CT molecular complexity index is 1330. The minimum atomic E-state index is -1.26. The number of amides is 5. The molecule has 48 heavy (non-hydrogen) atoms. The summed E-state index contributed by atoms with van der Waals surface area (Å²) in [5.41, 5.74) is 4.08. The van der Waals surface area contributed by atoms with Gasteiger partial charge in [-0.25, -0.2) is 17.6 Å². The van der Waals surface area contributed by atoms with Gasteiger partial charge < -0.3 is 26.6 Å². The van der Waals surface area contributed by atoms with Crippen LogP contribution in [0.3, 0.4) is 0 Å². The number of hydrogen-bond donors (Lipinski definition) is 4. The third-order valence-electron chi connectivity index (χ3n) is 11.2. The van der Waals surface area contributed by atoms with Gasteiger partial charge in [0.15, 0.2) is 11.2 Å². The van der Waals surface area contributed by atoms with Crippen molar-refractivity contribution < 1.29 is 28.2 Å². The van der Waals surface area contributed by atoms with Crippen LogP contribution in [0.4, 0.5) is 4.79 Å². The summed E-state index contributed by atoms with van der Waals surface area (Å²) in [5, 5.41) is 8.81. The Labute approximate surface area is 287 Å². The molecule has 0 aromatic carbocycles. The van der Waals surface area contributed by atoms with Crippen LogP contribution in [-0.4, -0.2) is 104 Å². The molecule has 2 saturated heterocycles. The Morgan fingerprint density at radius 3 is 2.02 bits per heavy atom. The summed E-state index contributed by atoms with van der Waals surface area (Å²) >= 11 is -1.26. The summed E-state index contributed by atoms with van der Waals surface area (Å²) in [7, 11) is 0. The third kappa shape index (κ3) is 8.07. The predicted octanol–water partition coefficient (Wildman–Crippen LogP) is 1.54. The van der Waals surface area contributed by atoms with E-state index in [0.29, 0.717) is 32.0 Å². The highest BCUT2D eigenvalue weighted by Gasteiger charge is 2.70. The fraction of sp³-hybridized carbons (Fsp3) is 0.853. The Balaban J connectivity index is 1.28. The molecule has 0 aromatic rings. The third-order valence-corrected chi connectivity index (χ3v) is 12.8. The molecule has 7 atom stereocenters. The van der Waals surface area contributed by atoms with Crippen LogP contribution in [0.1, 0.15) is 87.5 Å². The van der Waals surface area contributed by atoms with Gasteiger partial charge in [-0.05, 0) is 59.2 Å². The fourth-order valence-electron chi connectivity index (χ4n) is 7.49. The molecular formula is C34H57N7O6S. The van der Waals surface area contributed by atoms with Crippen molar-refractivity contribution in [2.75, 3.05) is 32.7 Å². The molecule has 3 saturated carbocycles. The summed E-state index contributed by atoms with van der Waals surface area (Å²) in [6.45, 7) is 18.8. The van der Waals surface area contributed by atoms with E-state index in [2.05, 4.69) is 29.8 Å². The zero-order valence-electron chi connectivity index (χ0n) is 30.0. The van der Waals surface area contributed by atoms with E-state index < -0.39 is 58.3 Å². The molecule has 2 unspecified atom stereocenters. The lowest BCUT2D eigenvalue weighted by molar-refractivity contribution is -0.145. The van der Waals surface area contributed by atoms with Gasteiger partial charge in [0.2, 0.25) is 17.6 Å². The number of carbonyl (C=O) groups excluding carboxylic acids is 5. The highest BCUT2D eigenvalue weighted by atomic mass is 32.2. The molecule has 5 aliphatic rings. The molecule has 14 heteroatoms. The van der Waals surface area contributed by atoms with Gasteiger partial charge >= 0.3 is 6.03 Å². The molecule has 5 rings (SSSR count). The lowest BCUT2D eigenvalue weighted by atomic mass is 9.85. The number of nitrogens with one attached hydrogen (secondary N) is 3. The van der Waals surface area contributed by atoms with Crippen LogP contribution < -0.4 is 21.7 Å². The summed E-state index contributed by atoms with van der Waals surface area (Å²) in [6, 6.07) is -3.70. The Hall–Kier alpha value is -2.58. The van der Waals surface area contributed by atoms with Crippen LogP contribution in [0.15, 0.2) is 0 Å². The van der Waals surface area contributed by atoms with Crippen molar-refractivity contribution >= 4 is 40.7 Å². The van der Waals surface area contributed by atoms with Gasteiger partial charge in [-0.2, -0.15) is 0 Å². The van der Waals surface area contributed by atoms with E-state index in [1.165, 1.54) is 12.8 Å². The van der Waals surface area contributed by atoms with Gasteiger partial charge in [0.25, 0.3) is 5.91 Å². The molecular weight excluding hydrogens is 634 g/mol. The molecule has 2 aliphatic heterocycles. The quantitative estimate of drug-likeness (QED) is 0.213. The van der Waals surface area contributed by atoms with Crippen molar-refractivity contribution in [3.05, 3.63) is 0 Å². The molecule has 0 radical (unpaired) electrons. The number of primary amides is 1. The van der Waals surface area contributed by atoms with E-state index >= 15 is 0 Å². The minimum Gasteiger partial charge on any atom is -0.363 e. The number of Topliss-reactive ketones (excluding diaryl/α,β-unsaturated/α-hetero) is 1. The number of nitrogens with two attached hydrogens (primary N) is 1. The lowest BCUT2D eigenvalue weighted by Crippen LogP contribution is -2.62. The van der Waals surface area contributed by atoms with E-state index in [4.69, 9.17) is 5.73 Å². The number of nitrogens with zero attached hydrogens (tertiary/aromatic N) is 3. The predicted molar refractivity (Wildman–Crippen MR) is 182 cm³/mol. The molecule has 2 heterocycles.